The number of carbonyl (C=O) groups is 1. The van der Waals surface area contributed by atoms with Crippen LogP contribution in [0.1, 0.15) is 27.6 Å². The van der Waals surface area contributed by atoms with Crippen molar-refractivity contribution in [2.45, 2.75) is 17.4 Å². The number of hydrogen-bond acceptors (Lipinski definition) is 7. The van der Waals surface area contributed by atoms with E-state index in [0.29, 0.717) is 17.1 Å². The number of nitrogens with one attached hydrogen (secondary N) is 2. The fourth-order valence-electron chi connectivity index (χ4n) is 3.61. The number of carboxylic acid groups (broad SMARTS) is 1. The molecule has 8 heteroatoms. The number of carboxylic acids is 1. The minimum Gasteiger partial charge on any atom is -0.508 e. The first-order valence-electron chi connectivity index (χ1n) is 9.07. The molecule has 6 nitrogen and oxygen atoms in total. The maximum atomic E-state index is 11.2. The van der Waals surface area contributed by atoms with Crippen LogP contribution in [-0.4, -0.2) is 33.6 Å². The Balaban J connectivity index is 1.63. The lowest BCUT2D eigenvalue weighted by Gasteiger charge is -2.29. The Morgan fingerprint density at radius 3 is 2.76 bits per heavy atom. The number of hydrogen-bond donors (Lipinski definition) is 4. The van der Waals surface area contributed by atoms with Crippen LogP contribution in [0.4, 0.5) is 5.00 Å². The van der Waals surface area contributed by atoms with Crippen molar-refractivity contribution in [3.05, 3.63) is 71.3 Å². The van der Waals surface area contributed by atoms with E-state index in [2.05, 4.69) is 46.8 Å². The zero-order valence-corrected chi connectivity index (χ0v) is 17.3. The van der Waals surface area contributed by atoms with Crippen molar-refractivity contribution in [1.82, 2.24) is 9.62 Å². The molecule has 3 heterocycles. The molecule has 0 fully saturated rings. The highest BCUT2D eigenvalue weighted by atomic mass is 32.2. The van der Waals surface area contributed by atoms with Gasteiger partial charge in [-0.25, -0.2) is 4.79 Å². The van der Waals surface area contributed by atoms with Gasteiger partial charge in [-0.15, -0.1) is 11.3 Å². The number of fused-ring (bicyclic) bond motifs is 2. The molecule has 29 heavy (non-hydrogen) atoms. The lowest BCUT2D eigenvalue weighted by molar-refractivity contribution is -0.132. The van der Waals surface area contributed by atoms with E-state index in [1.807, 2.05) is 12.1 Å². The van der Waals surface area contributed by atoms with Crippen molar-refractivity contribution in [3.8, 4) is 0 Å². The van der Waals surface area contributed by atoms with Crippen LogP contribution in [-0.2, 0) is 11.2 Å². The number of anilines is 1. The lowest BCUT2D eigenvalue weighted by atomic mass is 9.98. The van der Waals surface area contributed by atoms with Crippen LogP contribution < -0.4 is 10.6 Å². The van der Waals surface area contributed by atoms with Gasteiger partial charge in [0.2, 0.25) is 0 Å². The maximum Gasteiger partial charge on any atom is 0.351 e. The third-order valence-electron chi connectivity index (χ3n) is 4.99. The van der Waals surface area contributed by atoms with E-state index in [1.54, 1.807) is 11.9 Å². The summed E-state index contributed by atoms with van der Waals surface area (Å²) in [5, 5.41) is 26.3. The summed E-state index contributed by atoms with van der Waals surface area (Å²) in [6.45, 7) is 12.9. The molecule has 4 N–H and O–H groups in total. The van der Waals surface area contributed by atoms with Gasteiger partial charge in [-0.05, 0) is 36.5 Å². The first-order chi connectivity index (χ1) is 13.9. The van der Waals surface area contributed by atoms with Crippen molar-refractivity contribution in [3.63, 3.8) is 0 Å². The summed E-state index contributed by atoms with van der Waals surface area (Å²) >= 11 is 3.10. The molecule has 1 aromatic carbocycles. The fourth-order valence-corrected chi connectivity index (χ4v) is 6.07. The average Bonchev–Trinajstić information content (AvgIpc) is 3.20. The Bertz CT molecular complexity index is 1040. The van der Waals surface area contributed by atoms with Crippen LogP contribution in [0.25, 0.3) is 11.5 Å². The average molecular weight is 428 g/mol. The van der Waals surface area contributed by atoms with Gasteiger partial charge < -0.3 is 25.2 Å². The van der Waals surface area contributed by atoms with Crippen LogP contribution in [0.15, 0.2) is 54.6 Å². The van der Waals surface area contributed by atoms with Gasteiger partial charge in [0.1, 0.15) is 16.5 Å². The molecule has 0 spiro atoms. The number of nitrogens with zero attached hydrogens (tertiary/aromatic N) is 1. The van der Waals surface area contributed by atoms with E-state index in [9.17, 15) is 9.90 Å². The van der Waals surface area contributed by atoms with E-state index in [0.717, 1.165) is 34.7 Å². The second-order valence-electron chi connectivity index (χ2n) is 6.86. The molecule has 0 bridgehead atoms. The quantitative estimate of drug-likeness (QED) is 0.308. The number of aliphatic carboxylic acids is 1. The van der Waals surface area contributed by atoms with Crippen molar-refractivity contribution < 1.29 is 15.0 Å². The molecule has 2 aromatic rings. The Labute approximate surface area is 177 Å². The zero-order chi connectivity index (χ0) is 20.7. The van der Waals surface area contributed by atoms with Crippen molar-refractivity contribution in [2.24, 2.45) is 0 Å². The van der Waals surface area contributed by atoms with Gasteiger partial charge in [0.25, 0.3) is 0 Å². The number of aliphatic hydroxyl groups excluding tert-OH is 1. The van der Waals surface area contributed by atoms with E-state index in [-0.39, 0.29) is 17.5 Å². The summed E-state index contributed by atoms with van der Waals surface area (Å²) in [5.41, 5.74) is 3.55. The molecule has 1 unspecified atom stereocenters. The van der Waals surface area contributed by atoms with Gasteiger partial charge in [-0.3, -0.25) is 0 Å². The summed E-state index contributed by atoms with van der Waals surface area (Å²) in [4.78, 5) is 13.4. The molecular weight excluding hydrogens is 406 g/mol. The lowest BCUT2D eigenvalue weighted by Crippen LogP contribution is -2.35. The Morgan fingerprint density at radius 1 is 1.31 bits per heavy atom. The Hall–Kier alpha value is -2.68. The van der Waals surface area contributed by atoms with Gasteiger partial charge in [-0.2, -0.15) is 0 Å². The van der Waals surface area contributed by atoms with Crippen LogP contribution in [0.2, 0.25) is 0 Å². The highest BCUT2D eigenvalue weighted by Crippen LogP contribution is 2.46. The second-order valence-corrected chi connectivity index (χ2v) is 8.97. The minimum absolute atomic E-state index is 0.0223. The predicted octanol–water partition coefficient (Wildman–Crippen LogP) is 4.47. The maximum absolute atomic E-state index is 11.2. The molecule has 0 aliphatic carbocycles. The van der Waals surface area contributed by atoms with Crippen molar-refractivity contribution >= 4 is 45.7 Å². The topological polar surface area (TPSA) is 84.8 Å². The fraction of sp³-hybridized carbons (Fsp3) is 0.190. The molecule has 0 saturated carbocycles. The normalized spacial score (nSPS) is 17.6. The summed E-state index contributed by atoms with van der Waals surface area (Å²) in [7, 11) is 0. The second kappa shape index (κ2) is 7.62. The SMILES string of the molecule is C=C(Nc1sc2c(c1C(=C)O)CCNC2CN1Sc2ccccc2C1=C)C(=O)O. The molecular formula is C21H21N3O3S2. The molecule has 1 aromatic heterocycles. The van der Waals surface area contributed by atoms with Gasteiger partial charge in [0.05, 0.1) is 18.2 Å². The summed E-state index contributed by atoms with van der Waals surface area (Å²) in [6.07, 6.45) is 0.729. The molecule has 4 rings (SSSR count). The van der Waals surface area contributed by atoms with E-state index >= 15 is 0 Å². The van der Waals surface area contributed by atoms with E-state index < -0.39 is 5.97 Å². The summed E-state index contributed by atoms with van der Waals surface area (Å²) < 4.78 is 2.17. The molecule has 150 valence electrons. The predicted molar refractivity (Wildman–Crippen MR) is 119 cm³/mol. The number of rotatable bonds is 6. The van der Waals surface area contributed by atoms with Crippen molar-refractivity contribution in [1.29, 1.82) is 0 Å². The van der Waals surface area contributed by atoms with Crippen LogP contribution >= 0.6 is 23.3 Å². The first-order valence-corrected chi connectivity index (χ1v) is 10.7. The zero-order valence-electron chi connectivity index (χ0n) is 15.7. The number of benzene rings is 1. The smallest absolute Gasteiger partial charge is 0.351 e. The van der Waals surface area contributed by atoms with E-state index in [4.69, 9.17) is 5.11 Å². The number of thiophene rings is 1. The van der Waals surface area contributed by atoms with E-state index in [1.165, 1.54) is 16.2 Å². The molecule has 0 saturated heterocycles. The van der Waals surface area contributed by atoms with Crippen LogP contribution in [0.3, 0.4) is 0 Å². The van der Waals surface area contributed by atoms with Crippen LogP contribution in [0.5, 0.6) is 0 Å². The highest BCUT2D eigenvalue weighted by molar-refractivity contribution is 7.97. The monoisotopic (exact) mass is 427 g/mol. The summed E-state index contributed by atoms with van der Waals surface area (Å²) in [5.74, 6) is -1.21. The van der Waals surface area contributed by atoms with Crippen molar-refractivity contribution in [2.75, 3.05) is 18.4 Å². The first kappa shape index (κ1) is 19.6. The van der Waals surface area contributed by atoms with Crippen LogP contribution in [0, 0.1) is 0 Å². The molecule has 0 amide bonds. The third-order valence-corrected chi connectivity index (χ3v) is 7.39. The minimum atomic E-state index is -1.14. The largest absolute Gasteiger partial charge is 0.508 e. The third kappa shape index (κ3) is 3.55. The molecule has 2 aliphatic rings. The Morgan fingerprint density at radius 2 is 2.07 bits per heavy atom. The highest BCUT2D eigenvalue weighted by Gasteiger charge is 2.32. The molecule has 0 radical (unpaired) electrons. The number of aliphatic hydroxyl groups is 1. The van der Waals surface area contributed by atoms with Gasteiger partial charge in [0, 0.05) is 21.0 Å². The summed E-state index contributed by atoms with van der Waals surface area (Å²) in [6, 6.07) is 8.21. The van der Waals surface area contributed by atoms with Gasteiger partial charge in [0.15, 0.2) is 0 Å². The van der Waals surface area contributed by atoms with Gasteiger partial charge in [-0.1, -0.05) is 37.9 Å². The molecule has 1 atom stereocenters. The van der Waals surface area contributed by atoms with Gasteiger partial charge >= 0.3 is 5.97 Å². The standard InChI is InChI=1S/C21H21N3O3S2/c1-11(21(26)27)23-20-18(13(3)25)15-8-9-22-16(19(15)28-20)10-24-12(2)14-6-4-5-7-17(14)29-24/h4-7,16,22-23,25H,1-3,8-10H2,(H,26,27). The Kier molecular flexibility index (Phi) is 5.16. The molecule has 2 aliphatic heterocycles.